The molecule has 0 amide bonds. The third kappa shape index (κ3) is 7.27. The lowest BCUT2D eigenvalue weighted by molar-refractivity contribution is -0.148. The molecule has 2 rings (SSSR count). The molecule has 0 aliphatic carbocycles. The Morgan fingerprint density at radius 2 is 1.59 bits per heavy atom. The molecule has 0 saturated heterocycles. The average Bonchev–Trinajstić information content (AvgIpc) is 2.70. The highest BCUT2D eigenvalue weighted by Gasteiger charge is 2.27. The van der Waals surface area contributed by atoms with Crippen molar-refractivity contribution >= 4 is 5.97 Å². The van der Waals surface area contributed by atoms with E-state index in [-0.39, 0.29) is 5.97 Å². The van der Waals surface area contributed by atoms with E-state index in [0.717, 1.165) is 30.4 Å². The fourth-order valence-corrected chi connectivity index (χ4v) is 2.58. The zero-order valence-electron chi connectivity index (χ0n) is 15.7. The predicted molar refractivity (Wildman–Crippen MR) is 110 cm³/mol. The molecule has 2 aromatic rings. The summed E-state index contributed by atoms with van der Waals surface area (Å²) in [5, 5.41) is 0. The van der Waals surface area contributed by atoms with E-state index in [2.05, 4.69) is 30.3 Å². The third-order valence-corrected chi connectivity index (χ3v) is 3.95. The molecule has 2 aromatic carbocycles. The van der Waals surface area contributed by atoms with Gasteiger partial charge < -0.3 is 4.74 Å². The summed E-state index contributed by atoms with van der Waals surface area (Å²) in [6, 6.07) is 19.6. The van der Waals surface area contributed by atoms with E-state index < -0.39 is 5.60 Å². The van der Waals surface area contributed by atoms with Crippen molar-refractivity contribution in [3.63, 3.8) is 0 Å². The number of esters is 1. The van der Waals surface area contributed by atoms with E-state index >= 15 is 0 Å². The molecule has 0 bridgehead atoms. The van der Waals surface area contributed by atoms with Gasteiger partial charge >= 0.3 is 5.97 Å². The van der Waals surface area contributed by atoms with Gasteiger partial charge in [0.15, 0.2) is 5.60 Å². The molecule has 0 spiro atoms. The highest BCUT2D eigenvalue weighted by Crippen LogP contribution is 2.21. The summed E-state index contributed by atoms with van der Waals surface area (Å²) in [6.07, 6.45) is 4.76. The summed E-state index contributed by atoms with van der Waals surface area (Å²) in [5.74, 6) is 12.2. The summed E-state index contributed by atoms with van der Waals surface area (Å²) < 4.78 is 5.52. The van der Waals surface area contributed by atoms with E-state index in [1.54, 1.807) is 6.08 Å². The largest absolute Gasteiger partial charge is 0.442 e. The zero-order valence-corrected chi connectivity index (χ0v) is 15.7. The van der Waals surface area contributed by atoms with Gasteiger partial charge in [-0.05, 0) is 49.1 Å². The highest BCUT2D eigenvalue weighted by molar-refractivity contribution is 5.67. The van der Waals surface area contributed by atoms with Gasteiger partial charge in [-0.1, -0.05) is 60.7 Å². The Balaban J connectivity index is 1.96. The molecule has 2 heteroatoms. The van der Waals surface area contributed by atoms with Gasteiger partial charge in [0.05, 0.1) is 0 Å². The van der Waals surface area contributed by atoms with Crippen LogP contribution in [0.15, 0.2) is 73.3 Å². The minimum absolute atomic E-state index is 0.360. The van der Waals surface area contributed by atoms with Crippen LogP contribution in [0.1, 0.15) is 43.7 Å². The first-order chi connectivity index (χ1) is 13.1. The van der Waals surface area contributed by atoms with Crippen LogP contribution in [-0.4, -0.2) is 11.6 Å². The van der Waals surface area contributed by atoms with Crippen LogP contribution in [0.4, 0.5) is 0 Å². The van der Waals surface area contributed by atoms with Crippen molar-refractivity contribution in [3.05, 3.63) is 84.4 Å². The number of ether oxygens (including phenoxy) is 1. The number of unbranched alkanes of at least 4 members (excludes halogenated alkanes) is 2. The Bertz CT molecular complexity index is 861. The fourth-order valence-electron chi connectivity index (χ4n) is 2.58. The standard InChI is InChI=1S/C25H24O2/c1-3-25(27-22(2)26,21-19-24-17-11-7-12-18-24)20-13-5-4-8-14-23-15-9-6-10-16-23/h3,6-7,9-12,15-18H,1,4-5,13,20H2,2H3. The van der Waals surface area contributed by atoms with E-state index in [0.29, 0.717) is 6.42 Å². The SMILES string of the molecule is C=CC(C#Cc1ccccc1)(CCCCC#Cc1ccccc1)OC(C)=O. The molecule has 0 saturated carbocycles. The first kappa shape index (κ1) is 20.1. The number of hydrogen-bond donors (Lipinski definition) is 0. The second-order valence-corrected chi connectivity index (χ2v) is 6.18. The third-order valence-electron chi connectivity index (χ3n) is 3.95. The Morgan fingerprint density at radius 3 is 2.15 bits per heavy atom. The van der Waals surface area contributed by atoms with Gasteiger partial charge in [0.1, 0.15) is 0 Å². The topological polar surface area (TPSA) is 26.3 Å². The monoisotopic (exact) mass is 356 g/mol. The molecule has 0 aliphatic rings. The Morgan fingerprint density at radius 1 is 1.00 bits per heavy atom. The van der Waals surface area contributed by atoms with Crippen molar-refractivity contribution in [1.82, 2.24) is 0 Å². The first-order valence-corrected chi connectivity index (χ1v) is 9.09. The van der Waals surface area contributed by atoms with Crippen LogP contribution < -0.4 is 0 Å². The quantitative estimate of drug-likeness (QED) is 0.310. The number of carbonyl (C=O) groups excluding carboxylic acids is 1. The predicted octanol–water partition coefficient (Wildman–Crippen LogP) is 5.14. The second kappa shape index (κ2) is 10.7. The van der Waals surface area contributed by atoms with Gasteiger partial charge in [0, 0.05) is 30.9 Å². The molecular formula is C25H24O2. The maximum Gasteiger partial charge on any atom is 0.304 e. The Hall–Kier alpha value is -3.23. The minimum atomic E-state index is -0.964. The molecule has 0 heterocycles. The van der Waals surface area contributed by atoms with E-state index in [9.17, 15) is 4.79 Å². The van der Waals surface area contributed by atoms with Crippen LogP contribution >= 0.6 is 0 Å². The van der Waals surface area contributed by atoms with E-state index in [1.165, 1.54) is 6.92 Å². The summed E-state index contributed by atoms with van der Waals surface area (Å²) in [5.41, 5.74) is 0.935. The maximum atomic E-state index is 11.6. The van der Waals surface area contributed by atoms with Crippen LogP contribution in [0, 0.1) is 23.7 Å². The first-order valence-electron chi connectivity index (χ1n) is 9.09. The molecule has 0 N–H and O–H groups in total. The lowest BCUT2D eigenvalue weighted by atomic mass is 9.95. The molecule has 27 heavy (non-hydrogen) atoms. The van der Waals surface area contributed by atoms with Gasteiger partial charge in [0.25, 0.3) is 0 Å². The number of carbonyl (C=O) groups is 1. The molecule has 0 fully saturated rings. The van der Waals surface area contributed by atoms with Crippen LogP contribution in [0.2, 0.25) is 0 Å². The Labute approximate surface area is 162 Å². The molecule has 0 aromatic heterocycles. The average molecular weight is 356 g/mol. The van der Waals surface area contributed by atoms with Gasteiger partial charge in [-0.25, -0.2) is 0 Å². The number of hydrogen-bond acceptors (Lipinski definition) is 2. The summed E-state index contributed by atoms with van der Waals surface area (Å²) in [4.78, 5) is 11.6. The van der Waals surface area contributed by atoms with Gasteiger partial charge in [0.2, 0.25) is 0 Å². The summed E-state index contributed by atoms with van der Waals surface area (Å²) in [7, 11) is 0. The molecule has 0 aliphatic heterocycles. The minimum Gasteiger partial charge on any atom is -0.442 e. The number of rotatable bonds is 6. The van der Waals surface area contributed by atoms with Crippen molar-refractivity contribution in [2.75, 3.05) is 0 Å². The normalized spacial score (nSPS) is 11.7. The Kier molecular flexibility index (Phi) is 7.95. The van der Waals surface area contributed by atoms with Gasteiger partial charge in [-0.15, -0.1) is 0 Å². The summed E-state index contributed by atoms with van der Waals surface area (Å²) >= 11 is 0. The fraction of sp³-hybridized carbons (Fsp3) is 0.240. The number of benzene rings is 2. The highest BCUT2D eigenvalue weighted by atomic mass is 16.6. The van der Waals surface area contributed by atoms with Crippen molar-refractivity contribution in [2.45, 2.75) is 38.2 Å². The zero-order chi connectivity index (χ0) is 19.4. The molecule has 2 nitrogen and oxygen atoms in total. The van der Waals surface area contributed by atoms with Crippen molar-refractivity contribution in [2.24, 2.45) is 0 Å². The molecule has 1 atom stereocenters. The molecular weight excluding hydrogens is 332 g/mol. The maximum absolute atomic E-state index is 11.6. The van der Waals surface area contributed by atoms with Crippen molar-refractivity contribution in [1.29, 1.82) is 0 Å². The van der Waals surface area contributed by atoms with Gasteiger partial charge in [-0.3, -0.25) is 4.79 Å². The molecule has 136 valence electrons. The smallest absolute Gasteiger partial charge is 0.304 e. The van der Waals surface area contributed by atoms with Crippen molar-refractivity contribution in [3.8, 4) is 23.7 Å². The van der Waals surface area contributed by atoms with Crippen LogP contribution in [0.25, 0.3) is 0 Å². The van der Waals surface area contributed by atoms with Crippen LogP contribution in [-0.2, 0) is 9.53 Å². The van der Waals surface area contributed by atoms with E-state index in [4.69, 9.17) is 4.74 Å². The van der Waals surface area contributed by atoms with Crippen LogP contribution in [0.3, 0.4) is 0 Å². The van der Waals surface area contributed by atoms with Crippen LogP contribution in [0.5, 0.6) is 0 Å². The van der Waals surface area contributed by atoms with E-state index in [1.807, 2.05) is 60.7 Å². The van der Waals surface area contributed by atoms with Crippen molar-refractivity contribution < 1.29 is 9.53 Å². The molecule has 0 radical (unpaired) electrons. The lowest BCUT2D eigenvalue weighted by Gasteiger charge is -2.24. The second-order valence-electron chi connectivity index (χ2n) is 6.18. The summed E-state index contributed by atoms with van der Waals surface area (Å²) in [6.45, 7) is 5.24. The lowest BCUT2D eigenvalue weighted by Crippen LogP contribution is -2.30. The van der Waals surface area contributed by atoms with Gasteiger partial charge in [-0.2, -0.15) is 0 Å². The molecule has 1 unspecified atom stereocenters.